The Labute approximate surface area is 174 Å². The van der Waals surface area contributed by atoms with Crippen LogP contribution in [0.3, 0.4) is 0 Å². The van der Waals surface area contributed by atoms with Gasteiger partial charge in [-0.15, -0.1) is 0 Å². The fourth-order valence-electron chi connectivity index (χ4n) is 2.84. The van der Waals surface area contributed by atoms with Gasteiger partial charge in [0.15, 0.2) is 0 Å². The van der Waals surface area contributed by atoms with E-state index >= 15 is 0 Å². The Morgan fingerprint density at radius 2 is 1.69 bits per heavy atom. The third-order valence-electron chi connectivity index (χ3n) is 4.32. The molecule has 3 aromatic rings. The number of hydrogen-bond donors (Lipinski definition) is 0. The second-order valence-corrected chi connectivity index (χ2v) is 8.95. The SMILES string of the molecule is CCC(=NP(=O)(Cl)Oc1cccc2ccccc12)C(=O)OC(C)c1ccccc1. The van der Waals surface area contributed by atoms with Crippen LogP contribution in [-0.2, 0) is 14.1 Å². The highest BCUT2D eigenvalue weighted by molar-refractivity contribution is 7.84. The number of benzene rings is 3. The Bertz CT molecular complexity index is 1080. The average molecular weight is 430 g/mol. The van der Waals surface area contributed by atoms with Gasteiger partial charge in [-0.1, -0.05) is 73.7 Å². The molecule has 150 valence electrons. The minimum Gasteiger partial charge on any atom is -0.453 e. The fraction of sp³-hybridized carbons (Fsp3) is 0.182. The van der Waals surface area contributed by atoms with Crippen molar-refractivity contribution in [2.45, 2.75) is 26.4 Å². The van der Waals surface area contributed by atoms with Crippen molar-refractivity contribution in [2.75, 3.05) is 0 Å². The van der Waals surface area contributed by atoms with Gasteiger partial charge in [0.2, 0.25) is 0 Å². The molecule has 0 heterocycles. The summed E-state index contributed by atoms with van der Waals surface area (Å²) in [7, 11) is 0. The lowest BCUT2D eigenvalue weighted by Gasteiger charge is -2.15. The minimum absolute atomic E-state index is 0.0358. The zero-order valence-electron chi connectivity index (χ0n) is 16.1. The summed E-state index contributed by atoms with van der Waals surface area (Å²) in [6, 6.07) is 22.1. The topological polar surface area (TPSA) is 65.0 Å². The van der Waals surface area contributed by atoms with Crippen molar-refractivity contribution in [1.82, 2.24) is 0 Å². The molecule has 3 rings (SSSR count). The molecule has 3 aromatic carbocycles. The van der Waals surface area contributed by atoms with Crippen LogP contribution >= 0.6 is 18.1 Å². The van der Waals surface area contributed by atoms with Crippen molar-refractivity contribution in [3.8, 4) is 5.75 Å². The van der Waals surface area contributed by atoms with Crippen LogP contribution in [0, 0.1) is 0 Å². The number of carbonyl (C=O) groups excluding carboxylic acids is 1. The number of nitrogens with zero attached hydrogens (tertiary/aromatic N) is 1. The lowest BCUT2D eigenvalue weighted by atomic mass is 10.1. The van der Waals surface area contributed by atoms with E-state index in [1.54, 1.807) is 26.0 Å². The van der Waals surface area contributed by atoms with Crippen LogP contribution in [0.1, 0.15) is 31.9 Å². The molecule has 0 N–H and O–H groups in total. The highest BCUT2D eigenvalue weighted by Gasteiger charge is 2.26. The van der Waals surface area contributed by atoms with Gasteiger partial charge in [0, 0.05) is 16.6 Å². The molecule has 0 aliphatic carbocycles. The summed E-state index contributed by atoms with van der Waals surface area (Å²) < 4.78 is 27.7. The van der Waals surface area contributed by atoms with E-state index in [1.807, 2.05) is 60.7 Å². The average Bonchev–Trinajstić information content (AvgIpc) is 2.72. The van der Waals surface area contributed by atoms with E-state index in [4.69, 9.17) is 20.5 Å². The van der Waals surface area contributed by atoms with E-state index in [1.165, 1.54) is 0 Å². The van der Waals surface area contributed by atoms with Crippen LogP contribution in [0.25, 0.3) is 10.8 Å². The van der Waals surface area contributed by atoms with Crippen LogP contribution in [0.5, 0.6) is 5.75 Å². The van der Waals surface area contributed by atoms with Crippen LogP contribution in [-0.4, -0.2) is 11.7 Å². The molecule has 0 radical (unpaired) electrons. The van der Waals surface area contributed by atoms with Crippen molar-refractivity contribution in [2.24, 2.45) is 4.76 Å². The van der Waals surface area contributed by atoms with Gasteiger partial charge in [-0.25, -0.2) is 9.36 Å². The predicted molar refractivity (Wildman–Crippen MR) is 117 cm³/mol. The van der Waals surface area contributed by atoms with Gasteiger partial charge in [-0.2, -0.15) is 4.76 Å². The number of hydrogen-bond acceptors (Lipinski definition) is 4. The van der Waals surface area contributed by atoms with E-state index in [0.29, 0.717) is 5.75 Å². The van der Waals surface area contributed by atoms with Gasteiger partial charge in [-0.3, -0.25) is 0 Å². The first kappa shape index (κ1) is 21.1. The number of halogens is 1. The molecular weight excluding hydrogens is 409 g/mol. The number of fused-ring (bicyclic) bond motifs is 1. The van der Waals surface area contributed by atoms with E-state index in [9.17, 15) is 9.36 Å². The van der Waals surface area contributed by atoms with Gasteiger partial charge < -0.3 is 9.26 Å². The first-order valence-corrected chi connectivity index (χ1v) is 11.7. The molecule has 0 aliphatic rings. The molecule has 0 spiro atoms. The highest BCUT2D eigenvalue weighted by atomic mass is 35.7. The van der Waals surface area contributed by atoms with Crippen molar-refractivity contribution < 1.29 is 18.6 Å². The number of rotatable bonds is 7. The molecule has 0 aromatic heterocycles. The van der Waals surface area contributed by atoms with Crippen molar-refractivity contribution in [3.05, 3.63) is 78.4 Å². The molecule has 0 saturated heterocycles. The molecule has 0 aliphatic heterocycles. The van der Waals surface area contributed by atoms with Crippen molar-refractivity contribution in [1.29, 1.82) is 0 Å². The molecule has 2 atom stereocenters. The number of carbonyl (C=O) groups is 1. The third-order valence-corrected chi connectivity index (χ3v) is 5.66. The quantitative estimate of drug-likeness (QED) is 0.237. The Balaban J connectivity index is 1.79. The Hall–Kier alpha value is -2.62. The number of ether oxygens (including phenoxy) is 1. The highest BCUT2D eigenvalue weighted by Crippen LogP contribution is 2.55. The molecule has 0 saturated carbocycles. The van der Waals surface area contributed by atoms with E-state index in [0.717, 1.165) is 16.3 Å². The second kappa shape index (κ2) is 9.25. The molecule has 29 heavy (non-hydrogen) atoms. The summed E-state index contributed by atoms with van der Waals surface area (Å²) in [6.45, 7) is -0.534. The minimum atomic E-state index is -4.00. The first-order chi connectivity index (χ1) is 13.9. The maximum atomic E-state index is 12.8. The summed E-state index contributed by atoms with van der Waals surface area (Å²) in [5, 5.41) is 1.67. The lowest BCUT2D eigenvalue weighted by Crippen LogP contribution is -2.18. The van der Waals surface area contributed by atoms with Crippen molar-refractivity contribution in [3.63, 3.8) is 0 Å². The largest absolute Gasteiger partial charge is 0.457 e. The second-order valence-electron chi connectivity index (χ2n) is 6.38. The summed E-state index contributed by atoms with van der Waals surface area (Å²) in [5.41, 5.74) is 0.809. The Kier molecular flexibility index (Phi) is 6.73. The van der Waals surface area contributed by atoms with Crippen LogP contribution in [0.4, 0.5) is 0 Å². The van der Waals surface area contributed by atoms with E-state index < -0.39 is 18.9 Å². The third kappa shape index (κ3) is 5.47. The van der Waals surface area contributed by atoms with Gasteiger partial charge in [-0.05, 0) is 30.4 Å². The monoisotopic (exact) mass is 429 g/mol. The van der Waals surface area contributed by atoms with Gasteiger partial charge >= 0.3 is 12.8 Å². The molecule has 0 amide bonds. The van der Waals surface area contributed by atoms with Crippen molar-refractivity contribution >= 4 is 40.6 Å². The Morgan fingerprint density at radius 3 is 2.41 bits per heavy atom. The van der Waals surface area contributed by atoms with Gasteiger partial charge in [0.05, 0.1) is 0 Å². The fourth-order valence-corrected chi connectivity index (χ4v) is 4.29. The maximum Gasteiger partial charge on any atom is 0.457 e. The van der Waals surface area contributed by atoms with Crippen LogP contribution in [0.2, 0.25) is 0 Å². The molecule has 5 nitrogen and oxygen atoms in total. The standard InChI is InChI=1S/C22H21ClNO4P/c1-3-20(22(25)27-16(2)17-10-5-4-6-11-17)24-29(23,26)28-21-15-9-13-18-12-7-8-14-19(18)21/h4-16H,3H2,1-2H3. The van der Waals surface area contributed by atoms with Gasteiger partial charge in [0.1, 0.15) is 17.6 Å². The summed E-state index contributed by atoms with van der Waals surface area (Å²) in [6.07, 6.45) is -0.273. The normalized spacial score (nSPS) is 14.8. The lowest BCUT2D eigenvalue weighted by molar-refractivity contribution is -0.140. The summed E-state index contributed by atoms with van der Waals surface area (Å²) in [5.74, 6) is -0.335. The molecule has 0 bridgehead atoms. The predicted octanol–water partition coefficient (Wildman–Crippen LogP) is 6.72. The summed E-state index contributed by atoms with van der Waals surface area (Å²) >= 11 is 6.08. The van der Waals surface area contributed by atoms with E-state index in [-0.39, 0.29) is 12.1 Å². The first-order valence-electron chi connectivity index (χ1n) is 9.21. The molecule has 0 fully saturated rings. The molecule has 2 unspecified atom stereocenters. The van der Waals surface area contributed by atoms with Crippen LogP contribution < -0.4 is 4.52 Å². The Morgan fingerprint density at radius 1 is 1.03 bits per heavy atom. The zero-order valence-corrected chi connectivity index (χ0v) is 17.8. The zero-order chi connectivity index (χ0) is 20.9. The summed E-state index contributed by atoms with van der Waals surface area (Å²) in [4.78, 5) is 12.5. The molecule has 7 heteroatoms. The maximum absolute atomic E-state index is 12.8. The van der Waals surface area contributed by atoms with Gasteiger partial charge in [0.25, 0.3) is 0 Å². The van der Waals surface area contributed by atoms with E-state index in [2.05, 4.69) is 4.76 Å². The van der Waals surface area contributed by atoms with Crippen LogP contribution in [0.15, 0.2) is 77.6 Å². The smallest absolute Gasteiger partial charge is 0.453 e. The molecular formula is C22H21ClNO4P. The number of esters is 1.